The molecule has 7 nitrogen and oxygen atoms in total. The van der Waals surface area contributed by atoms with E-state index in [9.17, 15) is 19.7 Å². The predicted octanol–water partition coefficient (Wildman–Crippen LogP) is 4.02. The van der Waals surface area contributed by atoms with Crippen LogP contribution >= 0.6 is 0 Å². The molecule has 1 saturated heterocycles. The number of allylic oxidation sites excluding steroid dienone is 1. The first-order valence-electron chi connectivity index (χ1n) is 10.6. The van der Waals surface area contributed by atoms with Crippen LogP contribution in [0.3, 0.4) is 0 Å². The Balaban J connectivity index is 2.54. The number of hydrogen-bond acceptors (Lipinski definition) is 5. The van der Waals surface area contributed by atoms with Crippen LogP contribution in [0.25, 0.3) is 0 Å². The molecule has 0 spiro atoms. The molecule has 1 aromatic rings. The Hall–Kier alpha value is -2.05. The summed E-state index contributed by atoms with van der Waals surface area (Å²) in [4.78, 5) is 14.0. The van der Waals surface area contributed by atoms with Crippen LogP contribution in [0.15, 0.2) is 41.3 Å². The molecule has 1 fully saturated rings. The second-order valence-corrected chi connectivity index (χ2v) is 9.44. The number of nitriles is 1. The van der Waals surface area contributed by atoms with Gasteiger partial charge < -0.3 is 14.4 Å². The zero-order valence-electron chi connectivity index (χ0n) is 18.9. The summed E-state index contributed by atoms with van der Waals surface area (Å²) in [7, 11) is 1.59. The number of carbonyl (C=O) groups is 1. The third-order valence-corrected chi connectivity index (χ3v) is 7.25. The Morgan fingerprint density at radius 2 is 2.16 bits per heavy atom. The van der Waals surface area contributed by atoms with Crippen molar-refractivity contribution >= 4 is 17.5 Å². The number of hydrogen-bond donors (Lipinski definition) is 2. The molecule has 1 heterocycles. The van der Waals surface area contributed by atoms with E-state index in [1.165, 1.54) is 4.90 Å². The lowest BCUT2D eigenvalue weighted by molar-refractivity contribution is -0.0489. The Morgan fingerprint density at radius 3 is 2.65 bits per heavy atom. The average Bonchev–Trinajstić information content (AvgIpc) is 3.11. The van der Waals surface area contributed by atoms with Crippen molar-refractivity contribution in [1.29, 1.82) is 5.26 Å². The van der Waals surface area contributed by atoms with Gasteiger partial charge in [0, 0.05) is 13.0 Å². The number of rotatable bonds is 9. The van der Waals surface area contributed by atoms with Gasteiger partial charge in [-0.15, -0.1) is 4.72 Å². The highest BCUT2D eigenvalue weighted by atomic mass is 32.2. The van der Waals surface area contributed by atoms with Crippen molar-refractivity contribution < 1.29 is 19.2 Å². The van der Waals surface area contributed by atoms with Crippen LogP contribution in [0.4, 0.5) is 4.79 Å². The minimum absolute atomic E-state index is 0.204. The summed E-state index contributed by atoms with van der Waals surface area (Å²) in [6, 6.07) is 7.51. The van der Waals surface area contributed by atoms with Crippen molar-refractivity contribution in [2.24, 2.45) is 5.92 Å². The first kappa shape index (κ1) is 25.2. The van der Waals surface area contributed by atoms with E-state index in [0.29, 0.717) is 17.7 Å². The van der Waals surface area contributed by atoms with Crippen LogP contribution in [-0.2, 0) is 16.1 Å². The van der Waals surface area contributed by atoms with Crippen LogP contribution in [0, 0.1) is 24.2 Å². The number of amides is 1. The van der Waals surface area contributed by atoms with Gasteiger partial charge in [0.25, 0.3) is 0 Å². The van der Waals surface area contributed by atoms with Crippen molar-refractivity contribution in [2.75, 3.05) is 7.11 Å². The third kappa shape index (κ3) is 5.60. The number of ether oxygens (including phenoxy) is 1. The number of methoxy groups -OCH3 is 1. The maximum Gasteiger partial charge on any atom is 0.408 e. The van der Waals surface area contributed by atoms with Gasteiger partial charge in [-0.1, -0.05) is 43.2 Å². The van der Waals surface area contributed by atoms with E-state index in [2.05, 4.69) is 10.8 Å². The molecular formula is C23H33N3O4S. The minimum atomic E-state index is -1.59. The van der Waals surface area contributed by atoms with Crippen LogP contribution in [0.1, 0.15) is 45.6 Å². The standard InChI is InChI=1S/C23H33N3O4S/c1-6-8-17-14-18(15-24)26(22(27)28)20(17)21(23(4,30-5)13-7-2)25-31(29)19-11-9-16(3)10-12-19/h6,8-12,17-18,20-21,25H,7,13-14H2,1-5H3,(H,27,28)/t17-,18-,20?,21-,23+,31?/m1/s1. The van der Waals surface area contributed by atoms with Gasteiger partial charge >= 0.3 is 6.09 Å². The molecule has 1 amide bonds. The zero-order chi connectivity index (χ0) is 23.2. The van der Waals surface area contributed by atoms with Crippen molar-refractivity contribution in [3.63, 3.8) is 0 Å². The second-order valence-electron chi connectivity index (χ2n) is 8.19. The van der Waals surface area contributed by atoms with Crippen molar-refractivity contribution in [2.45, 2.75) is 75.6 Å². The van der Waals surface area contributed by atoms with Crippen LogP contribution < -0.4 is 4.72 Å². The molecule has 0 aromatic heterocycles. The highest BCUT2D eigenvalue weighted by Crippen LogP contribution is 2.39. The summed E-state index contributed by atoms with van der Waals surface area (Å²) in [6.45, 7) is 7.76. The monoisotopic (exact) mass is 447 g/mol. The maximum atomic E-state index is 13.3. The second kappa shape index (κ2) is 11.0. The molecule has 0 saturated carbocycles. The minimum Gasteiger partial charge on any atom is -0.593 e. The molecular weight excluding hydrogens is 414 g/mol. The Morgan fingerprint density at radius 1 is 1.52 bits per heavy atom. The normalized spacial score (nSPS) is 25.2. The molecule has 2 rings (SSSR count). The summed E-state index contributed by atoms with van der Waals surface area (Å²) < 4.78 is 22.4. The van der Waals surface area contributed by atoms with Crippen LogP contribution in [0.5, 0.6) is 0 Å². The average molecular weight is 448 g/mol. The lowest BCUT2D eigenvalue weighted by Crippen LogP contribution is -2.63. The fourth-order valence-corrected chi connectivity index (χ4v) is 5.57. The molecule has 1 aromatic carbocycles. The van der Waals surface area contributed by atoms with E-state index in [1.807, 2.05) is 52.0 Å². The lowest BCUT2D eigenvalue weighted by Gasteiger charge is -2.43. The summed E-state index contributed by atoms with van der Waals surface area (Å²) in [5, 5.41) is 19.6. The fraction of sp³-hybridized carbons (Fsp3) is 0.565. The molecule has 0 radical (unpaired) electrons. The van der Waals surface area contributed by atoms with Gasteiger partial charge in [0.05, 0.1) is 29.1 Å². The summed E-state index contributed by atoms with van der Waals surface area (Å²) >= 11 is -1.59. The zero-order valence-corrected chi connectivity index (χ0v) is 19.7. The molecule has 1 aliphatic heterocycles. The maximum absolute atomic E-state index is 13.3. The molecule has 31 heavy (non-hydrogen) atoms. The predicted molar refractivity (Wildman–Crippen MR) is 121 cm³/mol. The Labute approximate surface area is 188 Å². The quantitative estimate of drug-likeness (QED) is 0.437. The van der Waals surface area contributed by atoms with E-state index in [4.69, 9.17) is 4.74 Å². The lowest BCUT2D eigenvalue weighted by atomic mass is 9.81. The van der Waals surface area contributed by atoms with Crippen LogP contribution in [0.2, 0.25) is 0 Å². The number of benzene rings is 1. The summed E-state index contributed by atoms with van der Waals surface area (Å²) in [6.07, 6.45) is 4.47. The molecule has 0 bridgehead atoms. The number of nitrogens with one attached hydrogen (secondary N) is 1. The Kier molecular flexibility index (Phi) is 8.95. The summed E-state index contributed by atoms with van der Waals surface area (Å²) in [5.41, 5.74) is 0.264. The highest BCUT2D eigenvalue weighted by Gasteiger charge is 2.53. The molecule has 2 N–H and O–H groups in total. The van der Waals surface area contributed by atoms with Gasteiger partial charge in [0.1, 0.15) is 12.1 Å². The summed E-state index contributed by atoms with van der Waals surface area (Å²) in [5.74, 6) is -0.204. The van der Waals surface area contributed by atoms with E-state index >= 15 is 0 Å². The van der Waals surface area contributed by atoms with Crippen molar-refractivity contribution in [3.05, 3.63) is 42.0 Å². The molecule has 1 aliphatic rings. The van der Waals surface area contributed by atoms with E-state index in [-0.39, 0.29) is 5.92 Å². The molecule has 8 heteroatoms. The van der Waals surface area contributed by atoms with Gasteiger partial charge in [-0.2, -0.15) is 5.26 Å². The topological polar surface area (TPSA) is 109 Å². The molecule has 170 valence electrons. The SMILES string of the molecule is CC=C[C@@H]1C[C@H](C#N)N(C(=O)O)C1[C@@H](N[S+]([O-])c1ccc(C)cc1)[C@](C)(CCC)OC. The molecule has 2 unspecified atom stereocenters. The van der Waals surface area contributed by atoms with E-state index < -0.39 is 41.2 Å². The van der Waals surface area contributed by atoms with Gasteiger partial charge in [0.15, 0.2) is 4.90 Å². The van der Waals surface area contributed by atoms with E-state index in [0.717, 1.165) is 12.0 Å². The third-order valence-electron chi connectivity index (χ3n) is 6.08. The first-order valence-corrected chi connectivity index (χ1v) is 11.7. The number of nitrogens with zero attached hydrogens (tertiary/aromatic N) is 2. The number of likely N-dealkylation sites (tertiary alicyclic amines) is 1. The fourth-order valence-electron chi connectivity index (χ4n) is 4.43. The van der Waals surface area contributed by atoms with Gasteiger partial charge in [-0.05, 0) is 45.7 Å². The van der Waals surface area contributed by atoms with Gasteiger partial charge in [-0.3, -0.25) is 4.90 Å². The Bertz CT molecular complexity index is 810. The molecule has 0 aliphatic carbocycles. The van der Waals surface area contributed by atoms with Gasteiger partial charge in [0.2, 0.25) is 0 Å². The van der Waals surface area contributed by atoms with Crippen molar-refractivity contribution in [1.82, 2.24) is 9.62 Å². The highest BCUT2D eigenvalue weighted by molar-refractivity contribution is 7.89. The number of aryl methyl sites for hydroxylation is 1. The number of carboxylic acid groups (broad SMARTS) is 1. The smallest absolute Gasteiger partial charge is 0.408 e. The molecule has 6 atom stereocenters. The van der Waals surface area contributed by atoms with E-state index in [1.54, 1.807) is 19.2 Å². The first-order chi connectivity index (χ1) is 14.7. The van der Waals surface area contributed by atoms with Crippen molar-refractivity contribution in [3.8, 4) is 6.07 Å². The largest absolute Gasteiger partial charge is 0.593 e. The van der Waals surface area contributed by atoms with Crippen LogP contribution in [-0.4, -0.2) is 51.5 Å². The van der Waals surface area contributed by atoms with Gasteiger partial charge in [-0.25, -0.2) is 4.79 Å².